The van der Waals surface area contributed by atoms with E-state index in [-0.39, 0.29) is 17.9 Å². The number of nitrogens with one attached hydrogen (secondary N) is 1. The van der Waals surface area contributed by atoms with Crippen molar-refractivity contribution in [3.05, 3.63) is 51.8 Å². The Morgan fingerprint density at radius 1 is 1.14 bits per heavy atom. The number of hydrogen-bond donors (Lipinski definition) is 1. The van der Waals surface area contributed by atoms with Crippen molar-refractivity contribution < 1.29 is 13.9 Å². The highest BCUT2D eigenvalue weighted by atomic mass is 35.5. The van der Waals surface area contributed by atoms with Crippen molar-refractivity contribution in [3.8, 4) is 11.5 Å². The maximum absolute atomic E-state index is 13.6. The van der Waals surface area contributed by atoms with Crippen LogP contribution in [0.3, 0.4) is 0 Å². The quantitative estimate of drug-likeness (QED) is 0.801. The third kappa shape index (κ3) is 2.74. The van der Waals surface area contributed by atoms with Crippen LogP contribution in [0.1, 0.15) is 18.5 Å². The van der Waals surface area contributed by atoms with Gasteiger partial charge in [-0.05, 0) is 31.2 Å². The number of rotatable bonds is 3. The first-order chi connectivity index (χ1) is 10.1. The monoisotopic (exact) mass is 327 g/mol. The Balaban J connectivity index is 1.87. The van der Waals surface area contributed by atoms with Gasteiger partial charge in [-0.25, -0.2) is 4.39 Å². The van der Waals surface area contributed by atoms with Gasteiger partial charge < -0.3 is 14.8 Å². The Hall–Kier alpha value is -1.65. The van der Waals surface area contributed by atoms with E-state index in [1.54, 1.807) is 0 Å². The summed E-state index contributed by atoms with van der Waals surface area (Å²) in [6, 6.07) is 7.97. The molecule has 1 aliphatic heterocycles. The Kier molecular flexibility index (Phi) is 3.83. The third-order valence-electron chi connectivity index (χ3n) is 3.27. The molecule has 3 rings (SSSR count). The lowest BCUT2D eigenvalue weighted by molar-refractivity contribution is 0.174. The molecule has 2 aromatic rings. The van der Waals surface area contributed by atoms with E-state index in [1.807, 2.05) is 25.1 Å². The molecule has 21 heavy (non-hydrogen) atoms. The van der Waals surface area contributed by atoms with Crippen LogP contribution in [0.15, 0.2) is 30.3 Å². The van der Waals surface area contributed by atoms with Crippen molar-refractivity contribution >= 4 is 28.9 Å². The van der Waals surface area contributed by atoms with Gasteiger partial charge in [0.05, 0.1) is 11.1 Å². The van der Waals surface area contributed by atoms with Crippen LogP contribution in [-0.4, -0.2) is 6.79 Å². The zero-order chi connectivity index (χ0) is 15.0. The van der Waals surface area contributed by atoms with Gasteiger partial charge in [0.2, 0.25) is 6.79 Å². The van der Waals surface area contributed by atoms with E-state index in [9.17, 15) is 4.39 Å². The van der Waals surface area contributed by atoms with Crippen LogP contribution in [0.25, 0.3) is 0 Å². The fourth-order valence-corrected chi connectivity index (χ4v) is 2.95. The summed E-state index contributed by atoms with van der Waals surface area (Å²) in [6.07, 6.45) is 0. The molecule has 3 nitrogen and oxygen atoms in total. The van der Waals surface area contributed by atoms with Gasteiger partial charge in [-0.15, -0.1) is 0 Å². The summed E-state index contributed by atoms with van der Waals surface area (Å²) >= 11 is 12.1. The highest BCUT2D eigenvalue weighted by Crippen LogP contribution is 2.37. The average Bonchev–Trinajstić information content (AvgIpc) is 2.91. The van der Waals surface area contributed by atoms with E-state index in [2.05, 4.69) is 5.32 Å². The molecular weight excluding hydrogens is 316 g/mol. The lowest BCUT2D eigenvalue weighted by Crippen LogP contribution is -2.08. The molecule has 2 aromatic carbocycles. The van der Waals surface area contributed by atoms with Crippen LogP contribution in [-0.2, 0) is 0 Å². The second kappa shape index (κ2) is 5.62. The largest absolute Gasteiger partial charge is 0.454 e. The zero-order valence-corrected chi connectivity index (χ0v) is 12.6. The van der Waals surface area contributed by atoms with Crippen LogP contribution in [0.2, 0.25) is 10.0 Å². The van der Waals surface area contributed by atoms with Crippen molar-refractivity contribution in [3.63, 3.8) is 0 Å². The molecule has 0 spiro atoms. The van der Waals surface area contributed by atoms with Gasteiger partial charge in [-0.1, -0.05) is 23.2 Å². The molecule has 0 bridgehead atoms. The molecule has 1 atom stereocenters. The number of anilines is 1. The zero-order valence-electron chi connectivity index (χ0n) is 11.1. The Morgan fingerprint density at radius 3 is 2.71 bits per heavy atom. The maximum atomic E-state index is 13.6. The first kappa shape index (κ1) is 14.3. The van der Waals surface area contributed by atoms with Crippen LogP contribution in [0, 0.1) is 5.82 Å². The second-order valence-corrected chi connectivity index (χ2v) is 5.48. The van der Waals surface area contributed by atoms with Gasteiger partial charge in [0, 0.05) is 22.3 Å². The predicted octanol–water partition coefficient (Wildman–Crippen LogP) is 5.03. The molecule has 0 aromatic heterocycles. The number of hydrogen-bond acceptors (Lipinski definition) is 3. The van der Waals surface area contributed by atoms with Gasteiger partial charge in [0.15, 0.2) is 11.5 Å². The van der Waals surface area contributed by atoms with Gasteiger partial charge in [0.1, 0.15) is 5.82 Å². The fraction of sp³-hybridized carbons (Fsp3) is 0.200. The van der Waals surface area contributed by atoms with E-state index < -0.39 is 5.82 Å². The van der Waals surface area contributed by atoms with Gasteiger partial charge in [0.25, 0.3) is 0 Å². The first-order valence-corrected chi connectivity index (χ1v) is 7.11. The van der Waals surface area contributed by atoms with Gasteiger partial charge in [-0.2, -0.15) is 0 Å². The minimum absolute atomic E-state index is 0.0308. The Labute approximate surface area is 131 Å². The molecule has 0 radical (unpaired) electrons. The fourth-order valence-electron chi connectivity index (χ4n) is 2.25. The Morgan fingerprint density at radius 2 is 1.90 bits per heavy atom. The molecule has 1 unspecified atom stereocenters. The highest BCUT2D eigenvalue weighted by molar-refractivity contribution is 6.36. The molecule has 0 amide bonds. The van der Waals surface area contributed by atoms with E-state index >= 15 is 0 Å². The maximum Gasteiger partial charge on any atom is 0.231 e. The smallest absolute Gasteiger partial charge is 0.231 e. The summed E-state index contributed by atoms with van der Waals surface area (Å²) in [5.74, 6) is 0.883. The van der Waals surface area contributed by atoms with E-state index in [4.69, 9.17) is 32.7 Å². The van der Waals surface area contributed by atoms with E-state index in [1.165, 1.54) is 12.1 Å². The van der Waals surface area contributed by atoms with Crippen LogP contribution in [0.4, 0.5) is 10.1 Å². The van der Waals surface area contributed by atoms with E-state index in [0.717, 1.165) is 5.69 Å². The highest BCUT2D eigenvalue weighted by Gasteiger charge is 2.18. The summed E-state index contributed by atoms with van der Waals surface area (Å²) in [6.45, 7) is 2.08. The van der Waals surface area contributed by atoms with E-state index in [0.29, 0.717) is 22.1 Å². The van der Waals surface area contributed by atoms with Crippen LogP contribution >= 0.6 is 23.2 Å². The number of benzene rings is 2. The predicted molar refractivity (Wildman–Crippen MR) is 81.0 cm³/mol. The first-order valence-electron chi connectivity index (χ1n) is 6.36. The molecule has 0 aliphatic carbocycles. The van der Waals surface area contributed by atoms with Crippen molar-refractivity contribution in [2.24, 2.45) is 0 Å². The van der Waals surface area contributed by atoms with Crippen molar-refractivity contribution in [2.45, 2.75) is 13.0 Å². The normalized spacial score (nSPS) is 14.1. The summed E-state index contributed by atoms with van der Waals surface area (Å²) in [5.41, 5.74) is 1.33. The molecule has 6 heteroatoms. The SMILES string of the molecule is CC(Nc1ccc2c(c1)OCO2)c1c(Cl)ccc(F)c1Cl. The van der Waals surface area contributed by atoms with Gasteiger partial charge >= 0.3 is 0 Å². The molecule has 0 saturated carbocycles. The average molecular weight is 328 g/mol. The molecular formula is C15H12Cl2FNO2. The molecule has 1 aliphatic rings. The minimum atomic E-state index is -0.490. The molecule has 1 heterocycles. The van der Waals surface area contributed by atoms with Crippen molar-refractivity contribution in [2.75, 3.05) is 12.1 Å². The van der Waals surface area contributed by atoms with Crippen LogP contribution < -0.4 is 14.8 Å². The lowest BCUT2D eigenvalue weighted by Gasteiger charge is -2.19. The molecule has 110 valence electrons. The summed E-state index contributed by atoms with van der Waals surface area (Å²) in [7, 11) is 0. The van der Waals surface area contributed by atoms with Crippen molar-refractivity contribution in [1.29, 1.82) is 0 Å². The number of halogens is 3. The van der Waals surface area contributed by atoms with Crippen LogP contribution in [0.5, 0.6) is 11.5 Å². The number of fused-ring (bicyclic) bond motifs is 1. The Bertz CT molecular complexity index is 694. The molecule has 0 saturated heterocycles. The van der Waals surface area contributed by atoms with Gasteiger partial charge in [-0.3, -0.25) is 0 Å². The van der Waals surface area contributed by atoms with Crippen molar-refractivity contribution in [1.82, 2.24) is 0 Å². The topological polar surface area (TPSA) is 30.5 Å². The third-order valence-corrected chi connectivity index (χ3v) is 3.98. The summed E-state index contributed by atoms with van der Waals surface area (Å²) in [4.78, 5) is 0. The minimum Gasteiger partial charge on any atom is -0.454 e. The number of ether oxygens (including phenoxy) is 2. The second-order valence-electron chi connectivity index (χ2n) is 4.69. The lowest BCUT2D eigenvalue weighted by atomic mass is 10.1. The summed E-state index contributed by atoms with van der Waals surface area (Å²) in [5, 5.41) is 3.68. The molecule has 0 fully saturated rings. The molecule has 1 N–H and O–H groups in total. The standard InChI is InChI=1S/C15H12Cl2FNO2/c1-8(14-10(16)3-4-11(18)15(14)17)19-9-2-5-12-13(6-9)21-7-20-12/h2-6,8,19H,7H2,1H3. The summed E-state index contributed by atoms with van der Waals surface area (Å²) < 4.78 is 24.2.